The van der Waals surface area contributed by atoms with Gasteiger partial charge < -0.3 is 23.7 Å². The van der Waals surface area contributed by atoms with Gasteiger partial charge >= 0.3 is 12.6 Å². The van der Waals surface area contributed by atoms with Crippen molar-refractivity contribution < 1.29 is 37.3 Å². The molecule has 152 valence electrons. The number of halogens is 2. The topological polar surface area (TPSA) is 63.2 Å². The number of methoxy groups -OCH3 is 3. The summed E-state index contributed by atoms with van der Waals surface area (Å²) in [7, 11) is 4.43. The Bertz CT molecular complexity index is 794. The van der Waals surface area contributed by atoms with Crippen LogP contribution < -0.4 is 18.9 Å². The van der Waals surface area contributed by atoms with Crippen LogP contribution in [-0.4, -0.2) is 33.9 Å². The molecule has 0 atom stereocenters. The van der Waals surface area contributed by atoms with Crippen molar-refractivity contribution in [3.63, 3.8) is 0 Å². The van der Waals surface area contributed by atoms with Crippen molar-refractivity contribution in [3.05, 3.63) is 47.5 Å². The number of alkyl halides is 2. The van der Waals surface area contributed by atoms with E-state index in [0.29, 0.717) is 23.5 Å². The molecule has 0 radical (unpaired) electrons. The standard InChI is InChI=1S/C20H22F2O6/c1-24-15-7-4-13(10-17(15)25-2)6-9-19(23)27-12-14-5-8-16(28-20(21)22)18(11-14)26-3/h4-5,7-8,10-11,20H,6,9,12H2,1-3H3. The third kappa shape index (κ3) is 6.00. The first-order valence-electron chi connectivity index (χ1n) is 8.45. The number of rotatable bonds is 10. The highest BCUT2D eigenvalue weighted by Crippen LogP contribution is 2.30. The Kier molecular flexibility index (Phi) is 7.86. The molecule has 2 aromatic rings. The summed E-state index contributed by atoms with van der Waals surface area (Å²) in [5, 5.41) is 0. The van der Waals surface area contributed by atoms with Gasteiger partial charge in [0.05, 0.1) is 21.3 Å². The van der Waals surface area contributed by atoms with Crippen LogP contribution in [0, 0.1) is 0 Å². The number of hydrogen-bond acceptors (Lipinski definition) is 6. The molecule has 0 aliphatic heterocycles. The minimum atomic E-state index is -2.95. The second-order valence-electron chi connectivity index (χ2n) is 5.71. The maximum atomic E-state index is 12.3. The van der Waals surface area contributed by atoms with Crippen LogP contribution in [0.25, 0.3) is 0 Å². The van der Waals surface area contributed by atoms with E-state index < -0.39 is 6.61 Å². The molecular formula is C20H22F2O6. The predicted octanol–water partition coefficient (Wildman–Crippen LogP) is 3.99. The van der Waals surface area contributed by atoms with E-state index in [2.05, 4.69) is 4.74 Å². The zero-order valence-corrected chi connectivity index (χ0v) is 15.9. The van der Waals surface area contributed by atoms with Gasteiger partial charge in [-0.1, -0.05) is 12.1 Å². The Hall–Kier alpha value is -3.03. The number of ether oxygens (including phenoxy) is 5. The highest BCUT2D eigenvalue weighted by atomic mass is 19.3. The Morgan fingerprint density at radius 2 is 1.43 bits per heavy atom. The zero-order chi connectivity index (χ0) is 20.5. The van der Waals surface area contributed by atoms with Gasteiger partial charge in [0, 0.05) is 6.42 Å². The number of hydrogen-bond donors (Lipinski definition) is 0. The van der Waals surface area contributed by atoms with E-state index in [4.69, 9.17) is 18.9 Å². The zero-order valence-electron chi connectivity index (χ0n) is 15.9. The van der Waals surface area contributed by atoms with Gasteiger partial charge in [0.2, 0.25) is 0 Å². The van der Waals surface area contributed by atoms with Crippen molar-refractivity contribution in [1.29, 1.82) is 0 Å². The molecule has 0 fully saturated rings. The highest BCUT2D eigenvalue weighted by Gasteiger charge is 2.12. The third-order valence-electron chi connectivity index (χ3n) is 3.91. The Balaban J connectivity index is 1.88. The van der Waals surface area contributed by atoms with Crippen molar-refractivity contribution in [2.24, 2.45) is 0 Å². The molecule has 0 aromatic heterocycles. The van der Waals surface area contributed by atoms with Gasteiger partial charge in [0.15, 0.2) is 23.0 Å². The lowest BCUT2D eigenvalue weighted by molar-refractivity contribution is -0.144. The van der Waals surface area contributed by atoms with Crippen LogP contribution in [-0.2, 0) is 22.6 Å². The molecule has 28 heavy (non-hydrogen) atoms. The summed E-state index contributed by atoms with van der Waals surface area (Å²) >= 11 is 0. The maximum absolute atomic E-state index is 12.3. The average molecular weight is 396 g/mol. The largest absolute Gasteiger partial charge is 0.493 e. The molecule has 0 spiro atoms. The Labute approximate surface area is 161 Å². The molecular weight excluding hydrogens is 374 g/mol. The molecule has 8 heteroatoms. The fourth-order valence-electron chi connectivity index (χ4n) is 2.51. The van der Waals surface area contributed by atoms with Crippen LogP contribution in [0.2, 0.25) is 0 Å². The predicted molar refractivity (Wildman–Crippen MR) is 97.3 cm³/mol. The third-order valence-corrected chi connectivity index (χ3v) is 3.91. The fraction of sp³-hybridized carbons (Fsp3) is 0.350. The lowest BCUT2D eigenvalue weighted by atomic mass is 10.1. The molecule has 0 saturated heterocycles. The molecule has 0 amide bonds. The minimum Gasteiger partial charge on any atom is -0.493 e. The lowest BCUT2D eigenvalue weighted by Crippen LogP contribution is -2.07. The molecule has 0 unspecified atom stereocenters. The summed E-state index contributed by atoms with van der Waals surface area (Å²) in [6.07, 6.45) is 0.656. The van der Waals surface area contributed by atoms with Crippen LogP contribution in [0.4, 0.5) is 8.78 Å². The van der Waals surface area contributed by atoms with Crippen molar-refractivity contribution >= 4 is 5.97 Å². The van der Waals surface area contributed by atoms with Gasteiger partial charge in [0.25, 0.3) is 0 Å². The molecule has 2 rings (SSSR count). The van der Waals surface area contributed by atoms with Crippen LogP contribution in [0.1, 0.15) is 17.5 Å². The number of carbonyl (C=O) groups is 1. The summed E-state index contributed by atoms with van der Waals surface area (Å²) in [5.41, 5.74) is 1.50. The molecule has 0 heterocycles. The summed E-state index contributed by atoms with van der Waals surface area (Å²) in [5.74, 6) is 0.871. The average Bonchev–Trinajstić information content (AvgIpc) is 2.70. The molecule has 6 nitrogen and oxygen atoms in total. The van der Waals surface area contributed by atoms with Gasteiger partial charge in [0.1, 0.15) is 6.61 Å². The molecule has 0 saturated carbocycles. The van der Waals surface area contributed by atoms with E-state index in [1.807, 2.05) is 6.07 Å². The van der Waals surface area contributed by atoms with E-state index >= 15 is 0 Å². The first-order valence-corrected chi connectivity index (χ1v) is 8.45. The quantitative estimate of drug-likeness (QED) is 0.566. The Morgan fingerprint density at radius 3 is 2.07 bits per heavy atom. The monoisotopic (exact) mass is 396 g/mol. The molecule has 0 aliphatic carbocycles. The smallest absolute Gasteiger partial charge is 0.387 e. The first-order chi connectivity index (χ1) is 13.5. The second kappa shape index (κ2) is 10.3. The number of benzene rings is 2. The number of aryl methyl sites for hydroxylation is 1. The Morgan fingerprint density at radius 1 is 0.857 bits per heavy atom. The normalized spacial score (nSPS) is 10.5. The van der Waals surface area contributed by atoms with E-state index in [0.717, 1.165) is 5.56 Å². The summed E-state index contributed by atoms with van der Waals surface area (Å²) in [6.45, 7) is -2.95. The van der Waals surface area contributed by atoms with Gasteiger partial charge in [-0.05, 0) is 41.8 Å². The van der Waals surface area contributed by atoms with Crippen molar-refractivity contribution in [2.45, 2.75) is 26.1 Å². The molecule has 2 aromatic carbocycles. The van der Waals surface area contributed by atoms with E-state index in [1.165, 1.54) is 25.3 Å². The number of carbonyl (C=O) groups excluding carboxylic acids is 1. The van der Waals surface area contributed by atoms with E-state index in [9.17, 15) is 13.6 Å². The number of esters is 1. The van der Waals surface area contributed by atoms with Crippen LogP contribution in [0.5, 0.6) is 23.0 Å². The molecule has 0 aliphatic rings. The summed E-state index contributed by atoms with van der Waals surface area (Å²) < 4.78 is 49.7. The maximum Gasteiger partial charge on any atom is 0.387 e. The van der Waals surface area contributed by atoms with Crippen molar-refractivity contribution in [2.75, 3.05) is 21.3 Å². The van der Waals surface area contributed by atoms with Crippen molar-refractivity contribution in [1.82, 2.24) is 0 Å². The summed E-state index contributed by atoms with van der Waals surface area (Å²) in [4.78, 5) is 12.0. The van der Waals surface area contributed by atoms with Gasteiger partial charge in [-0.25, -0.2) is 0 Å². The van der Waals surface area contributed by atoms with Gasteiger partial charge in [-0.2, -0.15) is 8.78 Å². The van der Waals surface area contributed by atoms with Gasteiger partial charge in [-0.15, -0.1) is 0 Å². The molecule has 0 N–H and O–H groups in total. The van der Waals surface area contributed by atoms with E-state index in [1.54, 1.807) is 26.4 Å². The van der Waals surface area contributed by atoms with Gasteiger partial charge in [-0.3, -0.25) is 4.79 Å². The SMILES string of the molecule is COc1ccc(CCC(=O)OCc2ccc(OC(F)F)c(OC)c2)cc1OC. The minimum absolute atomic E-state index is 0.00388. The highest BCUT2D eigenvalue weighted by molar-refractivity contribution is 5.69. The first kappa shape index (κ1) is 21.3. The fourth-order valence-corrected chi connectivity index (χ4v) is 2.51. The van der Waals surface area contributed by atoms with Crippen LogP contribution in [0.3, 0.4) is 0 Å². The van der Waals surface area contributed by atoms with Crippen LogP contribution in [0.15, 0.2) is 36.4 Å². The second-order valence-corrected chi connectivity index (χ2v) is 5.71. The summed E-state index contributed by atoms with van der Waals surface area (Å²) in [6, 6.07) is 9.79. The lowest BCUT2D eigenvalue weighted by Gasteiger charge is -2.12. The van der Waals surface area contributed by atoms with Crippen LogP contribution >= 0.6 is 0 Å². The van der Waals surface area contributed by atoms with Crippen molar-refractivity contribution in [3.8, 4) is 23.0 Å². The molecule has 0 bridgehead atoms. The van der Waals surface area contributed by atoms with E-state index in [-0.39, 0.29) is 30.5 Å².